The smallest absolute Gasteiger partial charge is 0.416 e. The third kappa shape index (κ3) is 6.30. The summed E-state index contributed by atoms with van der Waals surface area (Å²) in [6.45, 7) is 0. The molecule has 0 aliphatic heterocycles. The zero-order valence-corrected chi connectivity index (χ0v) is 20.2. The highest BCUT2D eigenvalue weighted by Gasteiger charge is 2.30. The number of carbonyl (C=O) groups is 3. The van der Waals surface area contributed by atoms with E-state index in [9.17, 15) is 37.5 Å². The molecule has 0 aliphatic carbocycles. The third-order valence-electron chi connectivity index (χ3n) is 6.04. The quantitative estimate of drug-likeness (QED) is 0.292. The predicted molar refractivity (Wildman–Crippen MR) is 138 cm³/mol. The summed E-state index contributed by atoms with van der Waals surface area (Å²) in [5, 5.41) is 12.4. The van der Waals surface area contributed by atoms with E-state index in [-0.39, 0.29) is 17.7 Å². The molecule has 198 valence electrons. The molecule has 4 rings (SSSR count). The Bertz CT molecular complexity index is 1560. The number of amides is 1. The first kappa shape index (κ1) is 27.1. The van der Waals surface area contributed by atoms with Crippen molar-refractivity contribution in [2.24, 2.45) is 0 Å². The summed E-state index contributed by atoms with van der Waals surface area (Å²) in [4.78, 5) is 49.6. The first-order chi connectivity index (χ1) is 18.6. The molecule has 1 heterocycles. The normalized spacial score (nSPS) is 12.0. The largest absolute Gasteiger partial charge is 0.480 e. The van der Waals surface area contributed by atoms with Gasteiger partial charge in [-0.1, -0.05) is 54.6 Å². The highest BCUT2D eigenvalue weighted by molar-refractivity contribution is 6.04. The Morgan fingerprint density at radius 1 is 0.923 bits per heavy atom. The van der Waals surface area contributed by atoms with Crippen LogP contribution in [0.25, 0.3) is 11.1 Å². The fraction of sp³-hybridized carbons (Fsp3) is 0.103. The van der Waals surface area contributed by atoms with E-state index in [4.69, 9.17) is 0 Å². The van der Waals surface area contributed by atoms with E-state index in [2.05, 4.69) is 5.32 Å². The summed E-state index contributed by atoms with van der Waals surface area (Å²) < 4.78 is 39.7. The summed E-state index contributed by atoms with van der Waals surface area (Å²) >= 11 is 0. The highest BCUT2D eigenvalue weighted by Crippen LogP contribution is 2.29. The van der Waals surface area contributed by atoms with Crippen molar-refractivity contribution in [2.75, 3.05) is 5.32 Å². The van der Waals surface area contributed by atoms with Gasteiger partial charge in [-0.25, -0.2) is 4.79 Å². The van der Waals surface area contributed by atoms with Crippen molar-refractivity contribution < 1.29 is 32.7 Å². The van der Waals surface area contributed by atoms with Crippen LogP contribution in [0.3, 0.4) is 0 Å². The highest BCUT2D eigenvalue weighted by atomic mass is 19.4. The van der Waals surface area contributed by atoms with E-state index in [0.717, 1.165) is 28.8 Å². The number of halogens is 3. The fourth-order valence-electron chi connectivity index (χ4n) is 3.98. The number of aromatic nitrogens is 1. The zero-order valence-electron chi connectivity index (χ0n) is 20.2. The lowest BCUT2D eigenvalue weighted by molar-refractivity contribution is -0.141. The number of aldehydes is 1. The molecule has 3 aromatic carbocycles. The number of carbonyl (C=O) groups excluding carboxylic acids is 2. The molecule has 1 aromatic heterocycles. The number of hydrogen-bond donors (Lipinski definition) is 2. The standard InChI is InChI=1S/C29H21F3N2O5/c30-29(31,32)23-12-10-21(11-13-23)26(36)33-24-15-22(20-8-6-19(17-35)7-9-20)16-34(27(24)37)25(28(38)39)14-18-4-2-1-3-5-18/h1-13,15-17,25H,14H2,(H,33,36)(H,38,39). The molecule has 0 saturated carbocycles. The summed E-state index contributed by atoms with van der Waals surface area (Å²) in [5.41, 5.74) is -0.190. The number of anilines is 1. The fourth-order valence-corrected chi connectivity index (χ4v) is 3.98. The van der Waals surface area contributed by atoms with Gasteiger partial charge >= 0.3 is 12.1 Å². The number of rotatable bonds is 8. The molecule has 39 heavy (non-hydrogen) atoms. The van der Waals surface area contributed by atoms with Crippen molar-refractivity contribution in [3.8, 4) is 11.1 Å². The van der Waals surface area contributed by atoms with Crippen molar-refractivity contribution in [3.05, 3.63) is 124 Å². The van der Waals surface area contributed by atoms with E-state index in [1.165, 1.54) is 24.4 Å². The minimum Gasteiger partial charge on any atom is -0.480 e. The average Bonchev–Trinajstić information content (AvgIpc) is 2.93. The summed E-state index contributed by atoms with van der Waals surface area (Å²) in [5.74, 6) is -2.13. The molecular weight excluding hydrogens is 513 g/mol. The summed E-state index contributed by atoms with van der Waals surface area (Å²) in [6.07, 6.45) is -2.61. The number of nitrogens with one attached hydrogen (secondary N) is 1. The number of pyridine rings is 1. The molecule has 7 nitrogen and oxygen atoms in total. The van der Waals surface area contributed by atoms with Gasteiger partial charge in [0.25, 0.3) is 11.5 Å². The molecular formula is C29H21F3N2O5. The molecule has 0 radical (unpaired) electrons. The second-order valence-electron chi connectivity index (χ2n) is 8.67. The van der Waals surface area contributed by atoms with Gasteiger partial charge in [0.1, 0.15) is 18.0 Å². The predicted octanol–water partition coefficient (Wildman–Crippen LogP) is 5.47. The van der Waals surface area contributed by atoms with Gasteiger partial charge in [0, 0.05) is 29.3 Å². The Labute approximate surface area is 220 Å². The van der Waals surface area contributed by atoms with Crippen molar-refractivity contribution in [1.82, 2.24) is 4.57 Å². The lowest BCUT2D eigenvalue weighted by Crippen LogP contribution is -2.33. The minimum absolute atomic E-state index is 0.0318. The lowest BCUT2D eigenvalue weighted by atomic mass is 10.0. The van der Waals surface area contributed by atoms with Gasteiger partial charge in [0.05, 0.1) is 5.56 Å². The second-order valence-corrected chi connectivity index (χ2v) is 8.67. The van der Waals surface area contributed by atoms with Crippen molar-refractivity contribution in [2.45, 2.75) is 18.6 Å². The Morgan fingerprint density at radius 2 is 1.56 bits per heavy atom. The maximum Gasteiger partial charge on any atom is 0.416 e. The molecule has 1 amide bonds. The minimum atomic E-state index is -4.58. The van der Waals surface area contributed by atoms with Crippen molar-refractivity contribution in [1.29, 1.82) is 0 Å². The van der Waals surface area contributed by atoms with E-state index >= 15 is 0 Å². The van der Waals surface area contributed by atoms with Crippen molar-refractivity contribution in [3.63, 3.8) is 0 Å². The molecule has 0 fully saturated rings. The van der Waals surface area contributed by atoms with E-state index in [1.807, 2.05) is 0 Å². The van der Waals surface area contributed by atoms with Gasteiger partial charge in [0.15, 0.2) is 0 Å². The Morgan fingerprint density at radius 3 is 2.13 bits per heavy atom. The van der Waals surface area contributed by atoms with Crippen LogP contribution in [0.4, 0.5) is 18.9 Å². The topological polar surface area (TPSA) is 105 Å². The van der Waals surface area contributed by atoms with Crippen LogP contribution < -0.4 is 10.9 Å². The molecule has 0 spiro atoms. The number of carboxylic acid groups (broad SMARTS) is 1. The SMILES string of the molecule is O=Cc1ccc(-c2cc(NC(=O)c3ccc(C(F)(F)F)cc3)c(=O)n(C(Cc3ccccc3)C(=O)O)c2)cc1. The van der Waals surface area contributed by atoms with Gasteiger partial charge in [-0.3, -0.25) is 19.0 Å². The van der Waals surface area contributed by atoms with Gasteiger partial charge in [0.2, 0.25) is 0 Å². The first-order valence-electron chi connectivity index (χ1n) is 11.6. The molecule has 0 saturated heterocycles. The maximum atomic E-state index is 13.4. The van der Waals surface area contributed by atoms with Crippen molar-refractivity contribution >= 4 is 23.9 Å². The molecule has 0 aliphatic rings. The zero-order chi connectivity index (χ0) is 28.2. The monoisotopic (exact) mass is 534 g/mol. The van der Waals surface area contributed by atoms with Gasteiger partial charge in [-0.2, -0.15) is 13.2 Å². The molecule has 1 atom stereocenters. The third-order valence-corrected chi connectivity index (χ3v) is 6.04. The van der Waals surface area contributed by atoms with Gasteiger partial charge < -0.3 is 10.4 Å². The first-order valence-corrected chi connectivity index (χ1v) is 11.6. The number of hydrogen-bond acceptors (Lipinski definition) is 4. The van der Waals surface area contributed by atoms with E-state index in [1.54, 1.807) is 42.5 Å². The second kappa shape index (κ2) is 11.2. The van der Waals surface area contributed by atoms with Crippen LogP contribution in [-0.2, 0) is 17.4 Å². The molecule has 4 aromatic rings. The number of benzene rings is 3. The summed E-state index contributed by atoms with van der Waals surface area (Å²) in [6, 6.07) is 18.4. The molecule has 10 heteroatoms. The van der Waals surface area contributed by atoms with E-state index < -0.39 is 35.2 Å². The number of alkyl halides is 3. The summed E-state index contributed by atoms with van der Waals surface area (Å²) in [7, 11) is 0. The van der Waals surface area contributed by atoms with Crippen LogP contribution in [0.1, 0.15) is 37.9 Å². The van der Waals surface area contributed by atoms with Crippen LogP contribution in [0.15, 0.2) is 95.9 Å². The maximum absolute atomic E-state index is 13.4. The Hall–Kier alpha value is -4.99. The molecule has 0 bridgehead atoms. The Balaban J connectivity index is 1.78. The Kier molecular flexibility index (Phi) is 7.75. The number of aliphatic carboxylic acids is 1. The van der Waals surface area contributed by atoms with Crippen LogP contribution >= 0.6 is 0 Å². The van der Waals surface area contributed by atoms with Gasteiger partial charge in [-0.05, 0) is 41.5 Å². The average molecular weight is 534 g/mol. The van der Waals surface area contributed by atoms with Crippen LogP contribution in [-0.4, -0.2) is 27.8 Å². The van der Waals surface area contributed by atoms with E-state index in [0.29, 0.717) is 28.5 Å². The van der Waals surface area contributed by atoms with Crippen LogP contribution in [0.2, 0.25) is 0 Å². The molecule has 2 N–H and O–H groups in total. The lowest BCUT2D eigenvalue weighted by Gasteiger charge is -2.19. The van der Waals surface area contributed by atoms with Crippen LogP contribution in [0, 0.1) is 0 Å². The van der Waals surface area contributed by atoms with Gasteiger partial charge in [-0.15, -0.1) is 0 Å². The van der Waals surface area contributed by atoms with Crippen LogP contribution in [0.5, 0.6) is 0 Å². The number of nitrogens with zero attached hydrogens (tertiary/aromatic N) is 1. The molecule has 1 unspecified atom stereocenters. The number of carboxylic acids is 1.